The molecule has 1 fully saturated rings. The van der Waals surface area contributed by atoms with E-state index in [1.807, 2.05) is 20.9 Å². The minimum absolute atomic E-state index is 0.0783. The summed E-state index contributed by atoms with van der Waals surface area (Å²) in [5.74, 6) is 0.179. The quantitative estimate of drug-likeness (QED) is 0.645. The van der Waals surface area contributed by atoms with Crippen LogP contribution in [0.5, 0.6) is 0 Å². The zero-order valence-corrected chi connectivity index (χ0v) is 8.71. The van der Waals surface area contributed by atoms with E-state index in [1.165, 1.54) is 0 Å². The largest absolute Gasteiger partial charge is 0.345 e. The summed E-state index contributed by atoms with van der Waals surface area (Å²) in [5.41, 5.74) is 5.75. The topological polar surface area (TPSA) is 49.6 Å². The summed E-state index contributed by atoms with van der Waals surface area (Å²) in [5, 5.41) is 0. The van der Waals surface area contributed by atoms with Crippen LogP contribution >= 0.6 is 0 Å². The molecule has 13 heavy (non-hydrogen) atoms. The molecule has 0 saturated carbocycles. The number of carbonyl (C=O) groups excluding carboxylic acids is 1. The van der Waals surface area contributed by atoms with Crippen molar-refractivity contribution in [2.75, 3.05) is 33.2 Å². The van der Waals surface area contributed by atoms with Gasteiger partial charge in [0.25, 0.3) is 0 Å². The predicted molar refractivity (Wildman–Crippen MR) is 52.3 cm³/mol. The van der Waals surface area contributed by atoms with Crippen molar-refractivity contribution in [2.24, 2.45) is 5.73 Å². The molecule has 0 aromatic carbocycles. The summed E-state index contributed by atoms with van der Waals surface area (Å²) in [6.07, 6.45) is 0. The SMILES string of the molecule is CCN(C)C(=O)CN1CC(C)(N)C1. The second kappa shape index (κ2) is 3.64. The lowest BCUT2D eigenvalue weighted by Gasteiger charge is -2.45. The first-order valence-electron chi connectivity index (χ1n) is 4.70. The number of hydrogen-bond donors (Lipinski definition) is 1. The lowest BCUT2D eigenvalue weighted by atomic mass is 9.94. The third-order valence-electron chi connectivity index (χ3n) is 2.43. The van der Waals surface area contributed by atoms with Gasteiger partial charge in [-0.15, -0.1) is 0 Å². The third-order valence-corrected chi connectivity index (χ3v) is 2.43. The maximum absolute atomic E-state index is 11.4. The van der Waals surface area contributed by atoms with E-state index >= 15 is 0 Å². The van der Waals surface area contributed by atoms with E-state index in [4.69, 9.17) is 5.73 Å². The Morgan fingerprint density at radius 1 is 1.62 bits per heavy atom. The van der Waals surface area contributed by atoms with Crippen LogP contribution < -0.4 is 5.73 Å². The van der Waals surface area contributed by atoms with Gasteiger partial charge in [0.05, 0.1) is 6.54 Å². The first-order valence-corrected chi connectivity index (χ1v) is 4.70. The molecule has 1 aliphatic heterocycles. The number of amides is 1. The maximum Gasteiger partial charge on any atom is 0.236 e. The number of nitrogens with zero attached hydrogens (tertiary/aromatic N) is 2. The Balaban J connectivity index is 2.24. The highest BCUT2D eigenvalue weighted by molar-refractivity contribution is 5.78. The average molecular weight is 185 g/mol. The average Bonchev–Trinajstić information content (AvgIpc) is 1.99. The van der Waals surface area contributed by atoms with Crippen LogP contribution in [0.25, 0.3) is 0 Å². The lowest BCUT2D eigenvalue weighted by Crippen LogP contribution is -2.66. The Bertz CT molecular complexity index is 195. The summed E-state index contributed by atoms with van der Waals surface area (Å²) in [6, 6.07) is 0. The van der Waals surface area contributed by atoms with Gasteiger partial charge in [-0.05, 0) is 13.8 Å². The van der Waals surface area contributed by atoms with Gasteiger partial charge in [0, 0.05) is 32.2 Å². The molecule has 76 valence electrons. The van der Waals surface area contributed by atoms with Gasteiger partial charge in [-0.2, -0.15) is 0 Å². The zero-order chi connectivity index (χ0) is 10.1. The molecular weight excluding hydrogens is 166 g/mol. The summed E-state index contributed by atoms with van der Waals surface area (Å²) in [6.45, 7) is 6.93. The fourth-order valence-corrected chi connectivity index (χ4v) is 1.58. The monoisotopic (exact) mass is 185 g/mol. The van der Waals surface area contributed by atoms with Crippen molar-refractivity contribution in [3.8, 4) is 0 Å². The molecule has 2 N–H and O–H groups in total. The Hall–Kier alpha value is -0.610. The molecular formula is C9H19N3O. The van der Waals surface area contributed by atoms with Crippen LogP contribution in [0.3, 0.4) is 0 Å². The van der Waals surface area contributed by atoms with Crippen molar-refractivity contribution in [1.29, 1.82) is 0 Å². The minimum atomic E-state index is -0.0783. The van der Waals surface area contributed by atoms with E-state index in [9.17, 15) is 4.79 Å². The molecule has 0 aromatic rings. The second-order valence-electron chi connectivity index (χ2n) is 4.21. The van der Waals surface area contributed by atoms with Crippen LogP contribution in [0.2, 0.25) is 0 Å². The fraction of sp³-hybridized carbons (Fsp3) is 0.889. The zero-order valence-electron chi connectivity index (χ0n) is 8.71. The smallest absolute Gasteiger partial charge is 0.236 e. The Morgan fingerprint density at radius 2 is 2.15 bits per heavy atom. The third kappa shape index (κ3) is 2.67. The van der Waals surface area contributed by atoms with Crippen LogP contribution in [-0.2, 0) is 4.79 Å². The molecule has 1 heterocycles. The highest BCUT2D eigenvalue weighted by Gasteiger charge is 2.35. The number of hydrogen-bond acceptors (Lipinski definition) is 3. The minimum Gasteiger partial charge on any atom is -0.345 e. The van der Waals surface area contributed by atoms with E-state index in [0.29, 0.717) is 6.54 Å². The van der Waals surface area contributed by atoms with Crippen molar-refractivity contribution >= 4 is 5.91 Å². The summed E-state index contributed by atoms with van der Waals surface area (Å²) in [7, 11) is 1.82. The van der Waals surface area contributed by atoms with Gasteiger partial charge in [0.2, 0.25) is 5.91 Å². The molecule has 0 unspecified atom stereocenters. The van der Waals surface area contributed by atoms with E-state index in [2.05, 4.69) is 4.90 Å². The standard InChI is InChI=1S/C9H19N3O/c1-4-11(3)8(13)5-12-6-9(2,10)7-12/h4-7,10H2,1-3H3. The van der Waals surface area contributed by atoms with E-state index < -0.39 is 0 Å². The molecule has 1 amide bonds. The highest BCUT2D eigenvalue weighted by atomic mass is 16.2. The van der Waals surface area contributed by atoms with Gasteiger partial charge in [-0.1, -0.05) is 0 Å². The molecule has 0 aromatic heterocycles. The number of rotatable bonds is 3. The van der Waals surface area contributed by atoms with Gasteiger partial charge >= 0.3 is 0 Å². The van der Waals surface area contributed by atoms with Crippen LogP contribution in [0.15, 0.2) is 0 Å². The van der Waals surface area contributed by atoms with Crippen LogP contribution in [0.1, 0.15) is 13.8 Å². The summed E-state index contributed by atoms with van der Waals surface area (Å²) in [4.78, 5) is 15.2. The fourth-order valence-electron chi connectivity index (χ4n) is 1.58. The van der Waals surface area contributed by atoms with Crippen LogP contribution in [0.4, 0.5) is 0 Å². The molecule has 0 radical (unpaired) electrons. The maximum atomic E-state index is 11.4. The highest BCUT2D eigenvalue weighted by Crippen LogP contribution is 2.16. The molecule has 4 heteroatoms. The van der Waals surface area contributed by atoms with Gasteiger partial charge in [-0.25, -0.2) is 0 Å². The molecule has 0 bridgehead atoms. The normalized spacial score (nSPS) is 20.9. The van der Waals surface area contributed by atoms with Crippen molar-refractivity contribution in [3.05, 3.63) is 0 Å². The summed E-state index contributed by atoms with van der Waals surface area (Å²) >= 11 is 0. The molecule has 1 aliphatic rings. The number of nitrogens with two attached hydrogens (primary N) is 1. The van der Waals surface area contributed by atoms with Crippen molar-refractivity contribution in [3.63, 3.8) is 0 Å². The number of likely N-dealkylation sites (tertiary alicyclic amines) is 1. The Labute approximate surface area is 79.7 Å². The van der Waals surface area contributed by atoms with Gasteiger partial charge in [-0.3, -0.25) is 9.69 Å². The first-order chi connectivity index (χ1) is 5.94. The van der Waals surface area contributed by atoms with Gasteiger partial charge < -0.3 is 10.6 Å². The van der Waals surface area contributed by atoms with Crippen LogP contribution in [0, 0.1) is 0 Å². The van der Waals surface area contributed by atoms with Gasteiger partial charge in [0.1, 0.15) is 0 Å². The molecule has 0 atom stereocenters. The van der Waals surface area contributed by atoms with Crippen molar-refractivity contribution < 1.29 is 4.79 Å². The lowest BCUT2D eigenvalue weighted by molar-refractivity contribution is -0.132. The Kier molecular flexibility index (Phi) is 2.93. The van der Waals surface area contributed by atoms with Crippen molar-refractivity contribution in [1.82, 2.24) is 9.80 Å². The number of carbonyl (C=O) groups is 1. The second-order valence-corrected chi connectivity index (χ2v) is 4.21. The molecule has 1 saturated heterocycles. The molecule has 0 aliphatic carbocycles. The van der Waals surface area contributed by atoms with Gasteiger partial charge in [0.15, 0.2) is 0 Å². The Morgan fingerprint density at radius 3 is 2.54 bits per heavy atom. The van der Waals surface area contributed by atoms with Crippen molar-refractivity contribution in [2.45, 2.75) is 19.4 Å². The predicted octanol–water partition coefficient (Wildman–Crippen LogP) is -0.502. The van der Waals surface area contributed by atoms with E-state index in [0.717, 1.165) is 19.6 Å². The summed E-state index contributed by atoms with van der Waals surface area (Å²) < 4.78 is 0. The van der Waals surface area contributed by atoms with E-state index in [1.54, 1.807) is 4.90 Å². The molecule has 1 rings (SSSR count). The molecule has 0 spiro atoms. The molecule has 4 nitrogen and oxygen atoms in total. The van der Waals surface area contributed by atoms with E-state index in [-0.39, 0.29) is 11.4 Å². The van der Waals surface area contributed by atoms with Crippen LogP contribution in [-0.4, -0.2) is 54.5 Å². The first kappa shape index (κ1) is 10.5. The number of likely N-dealkylation sites (N-methyl/N-ethyl adjacent to an activating group) is 1.